The first kappa shape index (κ1) is 80.6. The van der Waals surface area contributed by atoms with Crippen molar-refractivity contribution in [3.63, 3.8) is 0 Å². The van der Waals surface area contributed by atoms with E-state index in [4.69, 9.17) is 14.2 Å². The van der Waals surface area contributed by atoms with E-state index in [0.717, 1.165) is 64.2 Å². The van der Waals surface area contributed by atoms with Crippen LogP contribution < -0.4 is 0 Å². The summed E-state index contributed by atoms with van der Waals surface area (Å²) in [6.07, 6.45) is 90.5. The van der Waals surface area contributed by atoms with Gasteiger partial charge in [-0.1, -0.05) is 359 Å². The van der Waals surface area contributed by atoms with Crippen LogP contribution in [0.2, 0.25) is 0 Å². The molecule has 0 rings (SSSR count). The van der Waals surface area contributed by atoms with E-state index in [0.29, 0.717) is 19.3 Å². The quantitative estimate of drug-likeness (QED) is 0.0261. The molecule has 0 aliphatic carbocycles. The van der Waals surface area contributed by atoms with Gasteiger partial charge in [-0.15, -0.1) is 0 Å². The number of carbonyl (C=O) groups excluding carboxylic acids is 3. The molecule has 0 spiro atoms. The molecule has 0 aromatic rings. The number of hydrogen-bond acceptors (Lipinski definition) is 6. The van der Waals surface area contributed by atoms with Gasteiger partial charge >= 0.3 is 17.9 Å². The summed E-state index contributed by atoms with van der Waals surface area (Å²) >= 11 is 0. The molecule has 488 valence electrons. The van der Waals surface area contributed by atoms with Crippen molar-refractivity contribution in [2.45, 2.75) is 425 Å². The molecule has 1 atom stereocenters. The first-order valence-corrected chi connectivity index (χ1v) is 37.5. The van der Waals surface area contributed by atoms with Crippen molar-refractivity contribution in [2.24, 2.45) is 0 Å². The van der Waals surface area contributed by atoms with Crippen LogP contribution in [0.1, 0.15) is 419 Å². The molecule has 0 aromatic heterocycles. The predicted molar refractivity (Wildman–Crippen MR) is 362 cm³/mol. The molecule has 0 heterocycles. The van der Waals surface area contributed by atoms with E-state index in [1.165, 1.54) is 315 Å². The fourth-order valence-electron chi connectivity index (χ4n) is 11.5. The molecule has 6 nitrogen and oxygen atoms in total. The van der Waals surface area contributed by atoms with Gasteiger partial charge in [0.1, 0.15) is 13.2 Å². The summed E-state index contributed by atoms with van der Waals surface area (Å²) in [7, 11) is 0. The predicted octanol–water partition coefficient (Wildman–Crippen LogP) is 25.9. The molecule has 6 heteroatoms. The molecule has 0 bridgehead atoms. The maximum absolute atomic E-state index is 13.0. The van der Waals surface area contributed by atoms with Crippen LogP contribution in [-0.2, 0) is 28.6 Å². The minimum Gasteiger partial charge on any atom is -0.462 e. The maximum atomic E-state index is 13.0. The first-order chi connectivity index (χ1) is 41.0. The highest BCUT2D eigenvalue weighted by Gasteiger charge is 2.20. The highest BCUT2D eigenvalue weighted by molar-refractivity contribution is 5.71. The highest BCUT2D eigenvalue weighted by Crippen LogP contribution is 2.19. The van der Waals surface area contributed by atoms with Crippen molar-refractivity contribution >= 4 is 17.9 Å². The maximum Gasteiger partial charge on any atom is 0.306 e. The number of esters is 3. The number of hydrogen-bond donors (Lipinski definition) is 0. The van der Waals surface area contributed by atoms with Crippen LogP contribution in [0.4, 0.5) is 0 Å². The van der Waals surface area contributed by atoms with Gasteiger partial charge in [0.25, 0.3) is 0 Å². The second kappa shape index (κ2) is 72.1. The Morgan fingerprint density at radius 3 is 0.699 bits per heavy atom. The number of ether oxygens (including phenoxy) is 3. The van der Waals surface area contributed by atoms with Gasteiger partial charge in [0.05, 0.1) is 0 Å². The monoisotopic (exact) mass is 1170 g/mol. The summed E-state index contributed by atoms with van der Waals surface area (Å²) in [6, 6.07) is 0. The smallest absolute Gasteiger partial charge is 0.306 e. The lowest BCUT2D eigenvalue weighted by atomic mass is 10.0. The van der Waals surface area contributed by atoms with E-state index in [2.05, 4.69) is 57.2 Å². The van der Waals surface area contributed by atoms with E-state index in [1.54, 1.807) is 0 Å². The molecule has 83 heavy (non-hydrogen) atoms. The highest BCUT2D eigenvalue weighted by atomic mass is 16.6. The lowest BCUT2D eigenvalue weighted by Crippen LogP contribution is -2.30. The van der Waals surface area contributed by atoms with Crippen molar-refractivity contribution in [1.82, 2.24) is 0 Å². The average Bonchev–Trinajstić information content (AvgIpc) is 3.49. The Morgan fingerprint density at radius 2 is 0.434 bits per heavy atom. The van der Waals surface area contributed by atoms with Gasteiger partial charge in [0, 0.05) is 19.3 Å². The van der Waals surface area contributed by atoms with E-state index in [9.17, 15) is 14.4 Å². The third-order valence-corrected chi connectivity index (χ3v) is 17.1. The lowest BCUT2D eigenvalue weighted by molar-refractivity contribution is -0.167. The normalized spacial score (nSPS) is 12.2. The van der Waals surface area contributed by atoms with Gasteiger partial charge in [-0.3, -0.25) is 14.4 Å². The number of allylic oxidation sites excluding steroid dienone is 6. The molecular weight excluding hydrogens is 1020 g/mol. The van der Waals surface area contributed by atoms with Gasteiger partial charge in [-0.2, -0.15) is 0 Å². The van der Waals surface area contributed by atoms with Gasteiger partial charge in [0.15, 0.2) is 6.10 Å². The Labute approximate surface area is 518 Å². The molecule has 0 fully saturated rings. The molecule has 1 unspecified atom stereocenters. The number of rotatable bonds is 70. The minimum absolute atomic E-state index is 0.0677. The van der Waals surface area contributed by atoms with E-state index in [-0.39, 0.29) is 31.1 Å². The van der Waals surface area contributed by atoms with Gasteiger partial charge in [-0.05, 0) is 77.0 Å². The van der Waals surface area contributed by atoms with Crippen LogP contribution in [0.15, 0.2) is 36.5 Å². The SMILES string of the molecule is CCCCC/C=C\C/C=C\CCCCCCCCCCCC(=O)OC(COC(=O)CCCCCCCCCCCCCCCCC)COC(=O)CCCCCCCCCCCCCCCCCCCCC/C=C\CCCCCCCCCC. The Bertz CT molecular complexity index is 1380. The zero-order chi connectivity index (χ0) is 59.9. The second-order valence-electron chi connectivity index (χ2n) is 25.6. The minimum atomic E-state index is -0.772. The molecule has 0 aliphatic heterocycles. The molecular formula is C77H144O6. The van der Waals surface area contributed by atoms with Crippen LogP contribution in [-0.4, -0.2) is 37.2 Å². The van der Waals surface area contributed by atoms with Crippen LogP contribution in [0.5, 0.6) is 0 Å². The Balaban J connectivity index is 4.18. The van der Waals surface area contributed by atoms with E-state index in [1.807, 2.05) is 0 Å². The topological polar surface area (TPSA) is 78.9 Å². The van der Waals surface area contributed by atoms with Crippen molar-refractivity contribution in [1.29, 1.82) is 0 Å². The van der Waals surface area contributed by atoms with Crippen molar-refractivity contribution < 1.29 is 28.6 Å². The van der Waals surface area contributed by atoms with Crippen molar-refractivity contribution in [3.8, 4) is 0 Å². The zero-order valence-corrected chi connectivity index (χ0v) is 56.2. The van der Waals surface area contributed by atoms with E-state index >= 15 is 0 Å². The summed E-state index contributed by atoms with van der Waals surface area (Å²) in [6.45, 7) is 6.69. The summed E-state index contributed by atoms with van der Waals surface area (Å²) < 4.78 is 17.0. The number of unbranched alkanes of at least 4 members (excludes halogenated alkanes) is 53. The van der Waals surface area contributed by atoms with Crippen molar-refractivity contribution in [2.75, 3.05) is 13.2 Å². The largest absolute Gasteiger partial charge is 0.462 e. The molecule has 0 radical (unpaired) electrons. The Kier molecular flexibility index (Phi) is 70.0. The lowest BCUT2D eigenvalue weighted by Gasteiger charge is -2.18. The first-order valence-electron chi connectivity index (χ1n) is 37.5. The van der Waals surface area contributed by atoms with E-state index < -0.39 is 6.10 Å². The average molecular weight is 1170 g/mol. The third-order valence-electron chi connectivity index (χ3n) is 17.1. The van der Waals surface area contributed by atoms with Crippen LogP contribution in [0.25, 0.3) is 0 Å². The fraction of sp³-hybridized carbons (Fsp3) is 0.883. The summed E-state index contributed by atoms with van der Waals surface area (Å²) in [5.41, 5.74) is 0. The molecule has 0 saturated heterocycles. The summed E-state index contributed by atoms with van der Waals surface area (Å²) in [4.78, 5) is 38.5. The van der Waals surface area contributed by atoms with Gasteiger partial charge in [0.2, 0.25) is 0 Å². The van der Waals surface area contributed by atoms with Gasteiger partial charge < -0.3 is 14.2 Å². The third kappa shape index (κ3) is 70.3. The van der Waals surface area contributed by atoms with Crippen LogP contribution >= 0.6 is 0 Å². The summed E-state index contributed by atoms with van der Waals surface area (Å²) in [5, 5.41) is 0. The van der Waals surface area contributed by atoms with Crippen molar-refractivity contribution in [3.05, 3.63) is 36.5 Å². The molecule has 0 aromatic carbocycles. The fourth-order valence-corrected chi connectivity index (χ4v) is 11.5. The summed E-state index contributed by atoms with van der Waals surface area (Å²) in [5.74, 6) is -0.839. The van der Waals surface area contributed by atoms with Gasteiger partial charge in [-0.25, -0.2) is 0 Å². The Morgan fingerprint density at radius 1 is 0.241 bits per heavy atom. The molecule has 0 saturated carbocycles. The standard InChI is InChI=1S/C77H144O6/c1-4-7-10-13-16-19-22-25-28-30-32-33-34-35-36-37-38-39-40-41-42-43-45-46-49-52-55-58-61-64-67-70-76(79)82-73-74(72-81-75(78)69-66-63-60-57-54-51-48-27-24-21-18-15-12-9-6-3)83-77(80)71-68-65-62-59-56-53-50-47-44-31-29-26-23-20-17-14-11-8-5-2/h17,20,26,29-30,32,74H,4-16,18-19,21-25,27-28,31,33-73H2,1-3H3/b20-17-,29-26-,32-30-. The second-order valence-corrected chi connectivity index (χ2v) is 25.6. The van der Waals surface area contributed by atoms with Crippen LogP contribution in [0.3, 0.4) is 0 Å². The zero-order valence-electron chi connectivity index (χ0n) is 56.2. The molecule has 0 aliphatic rings. The Hall–Kier alpha value is -2.37. The van der Waals surface area contributed by atoms with Crippen LogP contribution in [0, 0.1) is 0 Å². The molecule has 0 amide bonds. The molecule has 0 N–H and O–H groups in total. The number of carbonyl (C=O) groups is 3.